The quantitative estimate of drug-likeness (QED) is 0.684. The maximum absolute atomic E-state index is 12.0. The molecular formula is C15H26N2O4. The third-order valence-electron chi connectivity index (χ3n) is 3.51. The summed E-state index contributed by atoms with van der Waals surface area (Å²) in [6.07, 6.45) is 0.803. The predicted molar refractivity (Wildman–Crippen MR) is 80.1 cm³/mol. The number of aryl methyl sites for hydroxylation is 1. The number of nitrogens with one attached hydrogen (secondary N) is 2. The van der Waals surface area contributed by atoms with E-state index in [9.17, 15) is 4.79 Å². The Morgan fingerprint density at radius 1 is 1.38 bits per heavy atom. The average molecular weight is 298 g/mol. The van der Waals surface area contributed by atoms with Crippen LogP contribution in [0.15, 0.2) is 16.5 Å². The highest BCUT2D eigenvalue weighted by Gasteiger charge is 2.20. The van der Waals surface area contributed by atoms with Crippen LogP contribution in [0.5, 0.6) is 0 Å². The molecule has 3 N–H and O–H groups in total. The van der Waals surface area contributed by atoms with Gasteiger partial charge in [-0.3, -0.25) is 0 Å². The van der Waals surface area contributed by atoms with Gasteiger partial charge in [0.2, 0.25) is 0 Å². The number of methoxy groups -OCH3 is 1. The van der Waals surface area contributed by atoms with Crippen LogP contribution in [-0.4, -0.2) is 37.5 Å². The van der Waals surface area contributed by atoms with Crippen molar-refractivity contribution in [3.63, 3.8) is 0 Å². The summed E-state index contributed by atoms with van der Waals surface area (Å²) >= 11 is 0. The Labute approximate surface area is 125 Å². The number of amides is 2. The lowest BCUT2D eigenvalue weighted by atomic mass is 10.1. The molecule has 0 saturated heterocycles. The van der Waals surface area contributed by atoms with E-state index in [1.54, 1.807) is 7.11 Å². The first kappa shape index (κ1) is 17.5. The molecule has 1 rings (SSSR count). The van der Waals surface area contributed by atoms with Crippen LogP contribution in [-0.2, 0) is 11.2 Å². The summed E-state index contributed by atoms with van der Waals surface area (Å²) in [5, 5.41) is 14.7. The van der Waals surface area contributed by atoms with Crippen molar-refractivity contribution in [3.05, 3.63) is 23.7 Å². The molecule has 6 nitrogen and oxygen atoms in total. The fourth-order valence-electron chi connectivity index (χ4n) is 1.84. The maximum Gasteiger partial charge on any atom is 0.315 e. The monoisotopic (exact) mass is 298 g/mol. The summed E-state index contributed by atoms with van der Waals surface area (Å²) in [7, 11) is 1.58. The zero-order chi connectivity index (χ0) is 15.8. The minimum atomic E-state index is -0.341. The van der Waals surface area contributed by atoms with Crippen molar-refractivity contribution in [2.24, 2.45) is 5.92 Å². The van der Waals surface area contributed by atoms with E-state index in [4.69, 9.17) is 14.3 Å². The fraction of sp³-hybridized carbons (Fsp3) is 0.667. The van der Waals surface area contributed by atoms with E-state index in [2.05, 4.69) is 10.6 Å². The molecule has 0 aliphatic carbocycles. The van der Waals surface area contributed by atoms with Crippen LogP contribution in [0.4, 0.5) is 4.79 Å². The second-order valence-electron chi connectivity index (χ2n) is 5.23. The summed E-state index contributed by atoms with van der Waals surface area (Å²) in [5.74, 6) is 1.54. The number of aliphatic hydroxyl groups excluding tert-OH is 1. The van der Waals surface area contributed by atoms with Crippen molar-refractivity contribution in [1.82, 2.24) is 10.6 Å². The van der Waals surface area contributed by atoms with Crippen molar-refractivity contribution in [2.75, 3.05) is 20.3 Å². The summed E-state index contributed by atoms with van der Waals surface area (Å²) in [4.78, 5) is 12.0. The number of aliphatic hydroxyl groups is 1. The average Bonchev–Trinajstić information content (AvgIpc) is 2.94. The van der Waals surface area contributed by atoms with Crippen LogP contribution in [0.1, 0.15) is 38.3 Å². The van der Waals surface area contributed by atoms with Gasteiger partial charge < -0.3 is 24.9 Å². The van der Waals surface area contributed by atoms with Gasteiger partial charge in [0.15, 0.2) is 0 Å². The zero-order valence-corrected chi connectivity index (χ0v) is 13.2. The highest BCUT2D eigenvalue weighted by atomic mass is 16.5. The van der Waals surface area contributed by atoms with Crippen LogP contribution in [0.3, 0.4) is 0 Å². The Morgan fingerprint density at radius 2 is 2.10 bits per heavy atom. The van der Waals surface area contributed by atoms with Gasteiger partial charge in [-0.15, -0.1) is 0 Å². The van der Waals surface area contributed by atoms with Crippen molar-refractivity contribution < 1.29 is 19.1 Å². The zero-order valence-electron chi connectivity index (χ0n) is 13.2. The van der Waals surface area contributed by atoms with E-state index in [0.29, 0.717) is 12.4 Å². The molecular weight excluding hydrogens is 272 g/mol. The largest absolute Gasteiger partial charge is 0.464 e. The number of furan rings is 1. The molecule has 0 bridgehead atoms. The fourth-order valence-corrected chi connectivity index (χ4v) is 1.84. The number of rotatable bonds is 8. The minimum absolute atomic E-state index is 0.00747. The Kier molecular flexibility index (Phi) is 7.25. The predicted octanol–water partition coefficient (Wildman–Crippen LogP) is 1.85. The van der Waals surface area contributed by atoms with Gasteiger partial charge in [0.1, 0.15) is 17.6 Å². The molecule has 6 heteroatoms. The number of hydrogen-bond acceptors (Lipinski definition) is 4. The molecule has 0 aliphatic rings. The van der Waals surface area contributed by atoms with Crippen LogP contribution in [0, 0.1) is 5.92 Å². The second kappa shape index (κ2) is 8.69. The van der Waals surface area contributed by atoms with Gasteiger partial charge in [-0.2, -0.15) is 0 Å². The molecule has 3 atom stereocenters. The summed E-state index contributed by atoms with van der Waals surface area (Å²) in [6.45, 7) is 6.09. The second-order valence-corrected chi connectivity index (χ2v) is 5.23. The minimum Gasteiger partial charge on any atom is -0.464 e. The van der Waals surface area contributed by atoms with Crippen molar-refractivity contribution >= 4 is 6.03 Å². The third-order valence-corrected chi connectivity index (χ3v) is 3.51. The Balaban J connectivity index is 2.63. The molecule has 0 aliphatic heterocycles. The molecule has 0 radical (unpaired) electrons. The molecule has 120 valence electrons. The molecule has 21 heavy (non-hydrogen) atoms. The summed E-state index contributed by atoms with van der Waals surface area (Å²) in [5.41, 5.74) is 0. The number of hydrogen-bond donors (Lipinski definition) is 3. The van der Waals surface area contributed by atoms with E-state index < -0.39 is 0 Å². The Morgan fingerprint density at radius 3 is 2.62 bits per heavy atom. The number of ether oxygens (including phenoxy) is 1. The van der Waals surface area contributed by atoms with Crippen LogP contribution < -0.4 is 10.6 Å². The molecule has 0 spiro atoms. The van der Waals surface area contributed by atoms with Gasteiger partial charge in [0, 0.05) is 26.2 Å². The molecule has 0 aromatic carbocycles. The highest BCUT2D eigenvalue weighted by molar-refractivity contribution is 5.74. The van der Waals surface area contributed by atoms with Crippen LogP contribution in [0.2, 0.25) is 0 Å². The molecule has 1 heterocycles. The van der Waals surface area contributed by atoms with Crippen molar-refractivity contribution in [3.8, 4) is 0 Å². The first-order valence-electron chi connectivity index (χ1n) is 7.27. The topological polar surface area (TPSA) is 83.7 Å². The molecule has 3 unspecified atom stereocenters. The Hall–Kier alpha value is -1.53. The Bertz CT molecular complexity index is 433. The van der Waals surface area contributed by atoms with E-state index in [0.717, 1.165) is 12.2 Å². The lowest BCUT2D eigenvalue weighted by Crippen LogP contribution is -2.46. The molecule has 0 fully saturated rings. The number of carbonyl (C=O) groups excluding carboxylic acids is 1. The number of urea groups is 1. The SMILES string of the molecule is CCc1ccc(C(COC)NC(=O)NC(C)C(C)CO)o1. The molecule has 2 amide bonds. The number of carbonyl (C=O) groups is 1. The van der Waals surface area contributed by atoms with Crippen LogP contribution >= 0.6 is 0 Å². The van der Waals surface area contributed by atoms with Gasteiger partial charge >= 0.3 is 6.03 Å². The van der Waals surface area contributed by atoms with Gasteiger partial charge in [-0.05, 0) is 25.0 Å². The molecule has 1 aromatic heterocycles. The summed E-state index contributed by atoms with van der Waals surface area (Å²) < 4.78 is 10.8. The molecule has 0 saturated carbocycles. The van der Waals surface area contributed by atoms with E-state index in [-0.39, 0.29) is 30.6 Å². The standard InChI is InChI=1S/C15H26N2O4/c1-5-12-6-7-14(21-12)13(9-20-4)17-15(19)16-11(3)10(2)8-18/h6-7,10-11,13,18H,5,8-9H2,1-4H3,(H2,16,17,19). The lowest BCUT2D eigenvalue weighted by Gasteiger charge is -2.22. The van der Waals surface area contributed by atoms with Gasteiger partial charge in [-0.25, -0.2) is 4.79 Å². The third kappa shape index (κ3) is 5.40. The molecule has 1 aromatic rings. The normalized spacial score (nSPS) is 15.3. The van der Waals surface area contributed by atoms with Crippen molar-refractivity contribution in [1.29, 1.82) is 0 Å². The van der Waals surface area contributed by atoms with E-state index >= 15 is 0 Å². The lowest BCUT2D eigenvalue weighted by molar-refractivity contribution is 0.154. The van der Waals surface area contributed by atoms with Gasteiger partial charge in [0.05, 0.1) is 6.61 Å². The van der Waals surface area contributed by atoms with Gasteiger partial charge in [-0.1, -0.05) is 13.8 Å². The summed E-state index contributed by atoms with van der Waals surface area (Å²) in [6, 6.07) is 2.98. The smallest absolute Gasteiger partial charge is 0.315 e. The van der Waals surface area contributed by atoms with Gasteiger partial charge in [0.25, 0.3) is 0 Å². The van der Waals surface area contributed by atoms with E-state index in [1.165, 1.54) is 0 Å². The first-order chi connectivity index (χ1) is 10.0. The highest BCUT2D eigenvalue weighted by Crippen LogP contribution is 2.17. The van der Waals surface area contributed by atoms with E-state index in [1.807, 2.05) is 32.9 Å². The van der Waals surface area contributed by atoms with Crippen molar-refractivity contribution in [2.45, 2.75) is 39.3 Å². The maximum atomic E-state index is 12.0. The first-order valence-corrected chi connectivity index (χ1v) is 7.27. The van der Waals surface area contributed by atoms with Crippen LogP contribution in [0.25, 0.3) is 0 Å².